The van der Waals surface area contributed by atoms with Crippen LogP contribution in [0.2, 0.25) is 0 Å². The van der Waals surface area contributed by atoms with E-state index in [1.807, 2.05) is 12.1 Å². The third-order valence-corrected chi connectivity index (χ3v) is 3.46. The van der Waals surface area contributed by atoms with Gasteiger partial charge in [0, 0.05) is 31.7 Å². The second kappa shape index (κ2) is 5.52. The minimum Gasteiger partial charge on any atom is -0.508 e. The second-order valence-electron chi connectivity index (χ2n) is 5.06. The van der Waals surface area contributed by atoms with Crippen LogP contribution in [-0.2, 0) is 6.42 Å². The van der Waals surface area contributed by atoms with Crippen molar-refractivity contribution in [1.29, 1.82) is 0 Å². The summed E-state index contributed by atoms with van der Waals surface area (Å²) in [6.45, 7) is 7.78. The molecule has 2 N–H and O–H groups in total. The lowest BCUT2D eigenvalue weighted by atomic mass is 10.1. The standard InChI is InChI=1S/C14H22N2O/c1-11(2)16(13-9-15-10-13)7-6-12-4-3-5-14(17)8-12/h3-5,8,11,13,15,17H,6-7,9-10H2,1-2H3. The first-order valence-electron chi connectivity index (χ1n) is 6.41. The van der Waals surface area contributed by atoms with Crippen LogP contribution in [0.3, 0.4) is 0 Å². The third kappa shape index (κ3) is 3.20. The maximum Gasteiger partial charge on any atom is 0.115 e. The van der Waals surface area contributed by atoms with E-state index in [0.29, 0.717) is 17.8 Å². The summed E-state index contributed by atoms with van der Waals surface area (Å²) in [5, 5.41) is 12.8. The topological polar surface area (TPSA) is 35.5 Å². The zero-order valence-electron chi connectivity index (χ0n) is 10.7. The van der Waals surface area contributed by atoms with Crippen LogP contribution in [-0.4, -0.2) is 41.7 Å². The monoisotopic (exact) mass is 234 g/mol. The zero-order chi connectivity index (χ0) is 12.3. The van der Waals surface area contributed by atoms with Gasteiger partial charge in [0.05, 0.1) is 0 Å². The highest BCUT2D eigenvalue weighted by Gasteiger charge is 2.25. The van der Waals surface area contributed by atoms with Gasteiger partial charge in [0.15, 0.2) is 0 Å². The van der Waals surface area contributed by atoms with Gasteiger partial charge < -0.3 is 10.4 Å². The zero-order valence-corrected chi connectivity index (χ0v) is 10.7. The van der Waals surface area contributed by atoms with Gasteiger partial charge in [-0.1, -0.05) is 12.1 Å². The summed E-state index contributed by atoms with van der Waals surface area (Å²) in [7, 11) is 0. The van der Waals surface area contributed by atoms with Crippen molar-refractivity contribution in [2.75, 3.05) is 19.6 Å². The van der Waals surface area contributed by atoms with Crippen molar-refractivity contribution in [3.63, 3.8) is 0 Å². The summed E-state index contributed by atoms with van der Waals surface area (Å²) in [5.74, 6) is 0.365. The summed E-state index contributed by atoms with van der Waals surface area (Å²) in [6, 6.07) is 8.84. The van der Waals surface area contributed by atoms with Gasteiger partial charge in [-0.2, -0.15) is 0 Å². The van der Waals surface area contributed by atoms with Gasteiger partial charge in [0.2, 0.25) is 0 Å². The smallest absolute Gasteiger partial charge is 0.115 e. The van der Waals surface area contributed by atoms with Gasteiger partial charge in [-0.15, -0.1) is 0 Å². The van der Waals surface area contributed by atoms with E-state index in [0.717, 1.165) is 26.1 Å². The van der Waals surface area contributed by atoms with Gasteiger partial charge in [0.25, 0.3) is 0 Å². The Labute approximate surface area is 103 Å². The largest absolute Gasteiger partial charge is 0.508 e. The predicted molar refractivity (Wildman–Crippen MR) is 70.3 cm³/mol. The lowest BCUT2D eigenvalue weighted by Gasteiger charge is -2.41. The summed E-state index contributed by atoms with van der Waals surface area (Å²) >= 11 is 0. The molecule has 0 unspecified atom stereocenters. The summed E-state index contributed by atoms with van der Waals surface area (Å²) in [5.41, 5.74) is 1.21. The molecule has 0 saturated carbocycles. The Balaban J connectivity index is 1.90. The minimum atomic E-state index is 0.365. The first-order valence-corrected chi connectivity index (χ1v) is 6.41. The molecule has 0 bridgehead atoms. The number of benzene rings is 1. The fourth-order valence-electron chi connectivity index (χ4n) is 2.34. The Morgan fingerprint density at radius 1 is 1.41 bits per heavy atom. The fourth-order valence-corrected chi connectivity index (χ4v) is 2.34. The van der Waals surface area contributed by atoms with Gasteiger partial charge in [-0.25, -0.2) is 0 Å². The van der Waals surface area contributed by atoms with Crippen LogP contribution in [0.5, 0.6) is 5.75 Å². The normalized spacial score (nSPS) is 16.5. The molecule has 3 heteroatoms. The Morgan fingerprint density at radius 3 is 2.71 bits per heavy atom. The molecule has 1 fully saturated rings. The van der Waals surface area contributed by atoms with Crippen molar-refractivity contribution in [2.24, 2.45) is 0 Å². The van der Waals surface area contributed by atoms with E-state index in [4.69, 9.17) is 0 Å². The van der Waals surface area contributed by atoms with E-state index in [1.54, 1.807) is 6.07 Å². The van der Waals surface area contributed by atoms with E-state index in [9.17, 15) is 5.11 Å². The van der Waals surface area contributed by atoms with Crippen LogP contribution < -0.4 is 5.32 Å². The van der Waals surface area contributed by atoms with Crippen molar-refractivity contribution in [1.82, 2.24) is 10.2 Å². The Morgan fingerprint density at radius 2 is 2.18 bits per heavy atom. The van der Waals surface area contributed by atoms with E-state index < -0.39 is 0 Å². The number of nitrogens with zero attached hydrogens (tertiary/aromatic N) is 1. The number of nitrogens with one attached hydrogen (secondary N) is 1. The molecule has 0 aliphatic carbocycles. The number of rotatable bonds is 5. The van der Waals surface area contributed by atoms with E-state index >= 15 is 0 Å². The molecule has 1 aliphatic rings. The number of phenols is 1. The van der Waals surface area contributed by atoms with Crippen LogP contribution in [0.25, 0.3) is 0 Å². The molecule has 0 amide bonds. The van der Waals surface area contributed by atoms with Crippen LogP contribution in [0.4, 0.5) is 0 Å². The molecule has 0 aromatic heterocycles. The molecule has 1 aromatic carbocycles. The van der Waals surface area contributed by atoms with E-state index in [2.05, 4.69) is 30.1 Å². The molecule has 0 radical (unpaired) electrons. The highest BCUT2D eigenvalue weighted by atomic mass is 16.3. The Kier molecular flexibility index (Phi) is 4.02. The van der Waals surface area contributed by atoms with E-state index in [1.165, 1.54) is 5.56 Å². The first kappa shape index (κ1) is 12.4. The van der Waals surface area contributed by atoms with Gasteiger partial charge >= 0.3 is 0 Å². The molecule has 3 nitrogen and oxygen atoms in total. The predicted octanol–water partition coefficient (Wildman–Crippen LogP) is 1.62. The van der Waals surface area contributed by atoms with Crippen LogP contribution in [0, 0.1) is 0 Å². The lowest BCUT2D eigenvalue weighted by molar-refractivity contribution is 0.112. The average molecular weight is 234 g/mol. The van der Waals surface area contributed by atoms with Crippen molar-refractivity contribution < 1.29 is 5.11 Å². The second-order valence-corrected chi connectivity index (χ2v) is 5.06. The van der Waals surface area contributed by atoms with Crippen molar-refractivity contribution in [2.45, 2.75) is 32.4 Å². The molecule has 1 aromatic rings. The Bertz CT molecular complexity index is 361. The number of aromatic hydroxyl groups is 1. The maximum atomic E-state index is 9.43. The van der Waals surface area contributed by atoms with Crippen LogP contribution in [0.1, 0.15) is 19.4 Å². The lowest BCUT2D eigenvalue weighted by Crippen LogP contribution is -2.59. The third-order valence-electron chi connectivity index (χ3n) is 3.46. The van der Waals surface area contributed by atoms with Crippen molar-refractivity contribution in [3.8, 4) is 5.75 Å². The summed E-state index contributed by atoms with van der Waals surface area (Å²) in [4.78, 5) is 2.54. The molecular weight excluding hydrogens is 212 g/mol. The molecule has 1 saturated heterocycles. The highest BCUT2D eigenvalue weighted by molar-refractivity contribution is 5.27. The molecule has 0 atom stereocenters. The van der Waals surface area contributed by atoms with Gasteiger partial charge in [-0.3, -0.25) is 4.90 Å². The van der Waals surface area contributed by atoms with Gasteiger partial charge in [-0.05, 0) is 38.0 Å². The fraction of sp³-hybridized carbons (Fsp3) is 0.571. The minimum absolute atomic E-state index is 0.365. The molecule has 2 rings (SSSR count). The maximum absolute atomic E-state index is 9.43. The first-order chi connectivity index (χ1) is 8.16. The molecule has 94 valence electrons. The Hall–Kier alpha value is -1.06. The van der Waals surface area contributed by atoms with E-state index in [-0.39, 0.29) is 0 Å². The molecular formula is C14H22N2O. The van der Waals surface area contributed by atoms with Crippen LogP contribution >= 0.6 is 0 Å². The SMILES string of the molecule is CC(C)N(CCc1cccc(O)c1)C1CNC1. The number of hydrogen-bond acceptors (Lipinski definition) is 3. The number of hydrogen-bond donors (Lipinski definition) is 2. The summed E-state index contributed by atoms with van der Waals surface area (Å²) < 4.78 is 0. The average Bonchev–Trinajstić information content (AvgIpc) is 2.21. The van der Waals surface area contributed by atoms with Crippen LogP contribution in [0.15, 0.2) is 24.3 Å². The molecule has 1 aliphatic heterocycles. The number of phenolic OH excluding ortho intramolecular Hbond substituents is 1. The van der Waals surface area contributed by atoms with Crippen molar-refractivity contribution >= 4 is 0 Å². The molecule has 1 heterocycles. The van der Waals surface area contributed by atoms with Gasteiger partial charge in [0.1, 0.15) is 5.75 Å². The molecule has 17 heavy (non-hydrogen) atoms. The summed E-state index contributed by atoms with van der Waals surface area (Å²) in [6.07, 6.45) is 1.00. The quantitative estimate of drug-likeness (QED) is 0.812. The highest BCUT2D eigenvalue weighted by Crippen LogP contribution is 2.14. The van der Waals surface area contributed by atoms with Crippen molar-refractivity contribution in [3.05, 3.63) is 29.8 Å². The molecule has 0 spiro atoms.